The highest BCUT2D eigenvalue weighted by Gasteiger charge is 2.28. The number of carbonyl (C=O) groups is 2. The van der Waals surface area contributed by atoms with Crippen LogP contribution in [-0.2, 0) is 9.59 Å². The molecule has 1 aliphatic carbocycles. The second kappa shape index (κ2) is 10.6. The van der Waals surface area contributed by atoms with Gasteiger partial charge in [0.1, 0.15) is 11.6 Å². The van der Waals surface area contributed by atoms with Crippen molar-refractivity contribution in [2.45, 2.75) is 44.2 Å². The van der Waals surface area contributed by atoms with Gasteiger partial charge in [-0.1, -0.05) is 19.3 Å². The molecule has 1 saturated heterocycles. The SMILES string of the molecule is O=C(NC[C@H](c1ccco1)N1CCN(c2ccc(F)cc2)CC1)C(=O)NC1CCCCC1. The summed E-state index contributed by atoms with van der Waals surface area (Å²) in [5.74, 6) is -0.643. The van der Waals surface area contributed by atoms with E-state index in [0.717, 1.165) is 63.3 Å². The summed E-state index contributed by atoms with van der Waals surface area (Å²) < 4.78 is 18.9. The lowest BCUT2D eigenvalue weighted by Gasteiger charge is -2.39. The highest BCUT2D eigenvalue weighted by atomic mass is 19.1. The molecular weight excluding hydrogens is 411 g/mol. The Morgan fingerprint density at radius 1 is 1.00 bits per heavy atom. The third kappa shape index (κ3) is 5.68. The molecule has 1 saturated carbocycles. The lowest BCUT2D eigenvalue weighted by atomic mass is 9.95. The van der Waals surface area contributed by atoms with Crippen LogP contribution in [0.4, 0.5) is 10.1 Å². The summed E-state index contributed by atoms with van der Waals surface area (Å²) in [7, 11) is 0. The minimum absolute atomic E-state index is 0.0995. The molecule has 0 unspecified atom stereocenters. The van der Waals surface area contributed by atoms with Crippen LogP contribution < -0.4 is 15.5 Å². The van der Waals surface area contributed by atoms with Crippen LogP contribution in [0.5, 0.6) is 0 Å². The minimum Gasteiger partial charge on any atom is -0.468 e. The molecule has 0 spiro atoms. The topological polar surface area (TPSA) is 77.8 Å². The van der Waals surface area contributed by atoms with Crippen molar-refractivity contribution in [2.75, 3.05) is 37.6 Å². The van der Waals surface area contributed by atoms with E-state index in [9.17, 15) is 14.0 Å². The highest BCUT2D eigenvalue weighted by molar-refractivity contribution is 6.35. The highest BCUT2D eigenvalue weighted by Crippen LogP contribution is 2.24. The fourth-order valence-corrected chi connectivity index (χ4v) is 4.60. The van der Waals surface area contributed by atoms with Gasteiger partial charge < -0.3 is 20.0 Å². The number of rotatable bonds is 6. The molecule has 1 atom stereocenters. The fraction of sp³-hybridized carbons (Fsp3) is 0.500. The molecule has 2 fully saturated rings. The van der Waals surface area contributed by atoms with Crippen molar-refractivity contribution in [3.63, 3.8) is 0 Å². The first-order chi connectivity index (χ1) is 15.6. The molecule has 0 bridgehead atoms. The summed E-state index contributed by atoms with van der Waals surface area (Å²) in [5, 5.41) is 5.66. The lowest BCUT2D eigenvalue weighted by Crippen LogP contribution is -2.51. The summed E-state index contributed by atoms with van der Waals surface area (Å²) in [4.78, 5) is 29.2. The van der Waals surface area contributed by atoms with Gasteiger partial charge in [-0.3, -0.25) is 14.5 Å². The van der Waals surface area contributed by atoms with E-state index in [1.54, 1.807) is 18.4 Å². The summed E-state index contributed by atoms with van der Waals surface area (Å²) >= 11 is 0. The molecule has 8 heteroatoms. The number of nitrogens with one attached hydrogen (secondary N) is 2. The van der Waals surface area contributed by atoms with Crippen LogP contribution in [0.2, 0.25) is 0 Å². The van der Waals surface area contributed by atoms with Gasteiger partial charge in [0.15, 0.2) is 0 Å². The quantitative estimate of drug-likeness (QED) is 0.673. The number of nitrogens with zero attached hydrogens (tertiary/aromatic N) is 2. The Bertz CT molecular complexity index is 873. The van der Waals surface area contributed by atoms with E-state index < -0.39 is 11.8 Å². The minimum atomic E-state index is -0.600. The van der Waals surface area contributed by atoms with E-state index in [0.29, 0.717) is 6.54 Å². The largest absolute Gasteiger partial charge is 0.468 e. The van der Waals surface area contributed by atoms with E-state index in [1.807, 2.05) is 12.1 Å². The average molecular weight is 443 g/mol. The molecule has 1 aromatic heterocycles. The zero-order chi connectivity index (χ0) is 22.3. The van der Waals surface area contributed by atoms with Crippen LogP contribution in [0, 0.1) is 5.82 Å². The molecule has 2 heterocycles. The number of piperazine rings is 1. The predicted molar refractivity (Wildman–Crippen MR) is 120 cm³/mol. The van der Waals surface area contributed by atoms with Crippen LogP contribution in [0.1, 0.15) is 43.9 Å². The predicted octanol–water partition coefficient (Wildman–Crippen LogP) is 2.85. The number of amides is 2. The molecule has 0 radical (unpaired) electrons. The second-order valence-electron chi connectivity index (χ2n) is 8.55. The summed E-state index contributed by atoms with van der Waals surface area (Å²) in [6.07, 6.45) is 6.87. The summed E-state index contributed by atoms with van der Waals surface area (Å²) in [6.45, 7) is 3.36. The molecule has 1 aromatic carbocycles. The van der Waals surface area contributed by atoms with Crippen molar-refractivity contribution in [3.8, 4) is 0 Å². The number of halogens is 1. The molecule has 172 valence electrons. The van der Waals surface area contributed by atoms with Crippen molar-refractivity contribution in [1.82, 2.24) is 15.5 Å². The molecular formula is C24H31FN4O3. The van der Waals surface area contributed by atoms with E-state index >= 15 is 0 Å². The molecule has 2 aromatic rings. The number of carbonyl (C=O) groups excluding carboxylic acids is 2. The third-order valence-corrected chi connectivity index (χ3v) is 6.42. The van der Waals surface area contributed by atoms with E-state index in [1.165, 1.54) is 18.6 Å². The Kier molecular flexibility index (Phi) is 7.42. The maximum Gasteiger partial charge on any atom is 0.309 e. The number of hydrogen-bond acceptors (Lipinski definition) is 5. The van der Waals surface area contributed by atoms with E-state index in [-0.39, 0.29) is 17.9 Å². The van der Waals surface area contributed by atoms with Crippen LogP contribution >= 0.6 is 0 Å². The molecule has 2 amide bonds. The summed E-state index contributed by atoms with van der Waals surface area (Å²) in [6, 6.07) is 10.2. The van der Waals surface area contributed by atoms with Gasteiger partial charge in [-0.2, -0.15) is 0 Å². The Hall–Kier alpha value is -2.87. The molecule has 4 rings (SSSR count). The maximum atomic E-state index is 13.2. The van der Waals surface area contributed by atoms with Gasteiger partial charge in [0.05, 0.1) is 12.3 Å². The van der Waals surface area contributed by atoms with E-state index in [2.05, 4.69) is 20.4 Å². The smallest absolute Gasteiger partial charge is 0.309 e. The molecule has 2 N–H and O–H groups in total. The van der Waals surface area contributed by atoms with E-state index in [4.69, 9.17) is 4.42 Å². The molecule has 7 nitrogen and oxygen atoms in total. The van der Waals surface area contributed by atoms with Crippen LogP contribution in [0.3, 0.4) is 0 Å². The van der Waals surface area contributed by atoms with Gasteiger partial charge in [0.2, 0.25) is 0 Å². The Labute approximate surface area is 187 Å². The summed E-state index contributed by atoms with van der Waals surface area (Å²) in [5.41, 5.74) is 0.994. The van der Waals surface area contributed by atoms with Gasteiger partial charge in [0.25, 0.3) is 0 Å². The number of benzene rings is 1. The van der Waals surface area contributed by atoms with Gasteiger partial charge in [-0.15, -0.1) is 0 Å². The van der Waals surface area contributed by atoms with Crippen LogP contribution in [0.15, 0.2) is 47.1 Å². The third-order valence-electron chi connectivity index (χ3n) is 6.42. The standard InChI is InChI=1S/C24H31FN4O3/c25-18-8-10-20(11-9-18)28-12-14-29(15-13-28)21(22-7-4-16-32-22)17-26-23(30)24(31)27-19-5-2-1-3-6-19/h4,7-11,16,19,21H,1-3,5-6,12-15,17H2,(H,26,30)(H,27,31)/t21-/m1/s1. The fourth-order valence-electron chi connectivity index (χ4n) is 4.60. The molecule has 1 aliphatic heterocycles. The van der Waals surface area contributed by atoms with Gasteiger partial charge in [-0.25, -0.2) is 4.39 Å². The van der Waals surface area contributed by atoms with Crippen molar-refractivity contribution in [3.05, 3.63) is 54.2 Å². The van der Waals surface area contributed by atoms with Crippen molar-refractivity contribution in [2.24, 2.45) is 0 Å². The lowest BCUT2D eigenvalue weighted by molar-refractivity contribution is -0.139. The molecule has 32 heavy (non-hydrogen) atoms. The van der Waals surface area contributed by atoms with Gasteiger partial charge >= 0.3 is 11.8 Å². The Balaban J connectivity index is 1.32. The maximum absolute atomic E-state index is 13.2. The number of hydrogen-bond donors (Lipinski definition) is 2. The Morgan fingerprint density at radius 2 is 1.72 bits per heavy atom. The number of furan rings is 1. The van der Waals surface area contributed by atoms with Gasteiger partial charge in [-0.05, 0) is 49.2 Å². The first-order valence-corrected chi connectivity index (χ1v) is 11.5. The first kappa shape index (κ1) is 22.3. The average Bonchev–Trinajstić information content (AvgIpc) is 3.35. The zero-order valence-electron chi connectivity index (χ0n) is 18.3. The Morgan fingerprint density at radius 3 is 2.38 bits per heavy atom. The van der Waals surface area contributed by atoms with Crippen LogP contribution in [0.25, 0.3) is 0 Å². The van der Waals surface area contributed by atoms with Gasteiger partial charge in [0, 0.05) is 44.5 Å². The number of anilines is 1. The normalized spacial score (nSPS) is 18.8. The zero-order valence-corrected chi connectivity index (χ0v) is 18.3. The molecule has 2 aliphatic rings. The van der Waals surface area contributed by atoms with Crippen molar-refractivity contribution >= 4 is 17.5 Å². The first-order valence-electron chi connectivity index (χ1n) is 11.5. The monoisotopic (exact) mass is 442 g/mol. The van der Waals surface area contributed by atoms with Crippen molar-refractivity contribution in [1.29, 1.82) is 0 Å². The van der Waals surface area contributed by atoms with Crippen LogP contribution in [-0.4, -0.2) is 55.5 Å². The van der Waals surface area contributed by atoms with Crippen molar-refractivity contribution < 1.29 is 18.4 Å². The second-order valence-corrected chi connectivity index (χ2v) is 8.55.